The lowest BCUT2D eigenvalue weighted by Crippen LogP contribution is -2.60. The van der Waals surface area contributed by atoms with Crippen LogP contribution < -0.4 is 16.0 Å². The van der Waals surface area contributed by atoms with E-state index in [1.165, 1.54) is 6.07 Å². The first-order valence-corrected chi connectivity index (χ1v) is 14.3. The number of aliphatic hydroxyl groups excluding tert-OH is 1. The molecule has 38 heavy (non-hydrogen) atoms. The van der Waals surface area contributed by atoms with E-state index in [4.69, 9.17) is 23.2 Å². The zero-order chi connectivity index (χ0) is 26.7. The molecule has 6 rings (SSSR count). The van der Waals surface area contributed by atoms with Gasteiger partial charge in [0.15, 0.2) is 0 Å². The molecule has 9 heteroatoms. The van der Waals surface area contributed by atoms with Gasteiger partial charge in [0.2, 0.25) is 11.8 Å². The minimum Gasteiger partial charge on any atom is -0.393 e. The minimum absolute atomic E-state index is 0.0441. The number of halogens is 3. The second kappa shape index (κ2) is 9.77. The first kappa shape index (κ1) is 26.1. The lowest BCUT2D eigenvalue weighted by atomic mass is 9.55. The normalized spacial score (nSPS) is 31.8. The average Bonchev–Trinajstić information content (AvgIpc) is 3.35. The van der Waals surface area contributed by atoms with Crippen molar-refractivity contribution in [1.29, 1.82) is 0 Å². The molecule has 3 atom stereocenters. The van der Waals surface area contributed by atoms with E-state index in [2.05, 4.69) is 16.0 Å². The van der Waals surface area contributed by atoms with Gasteiger partial charge in [0.05, 0.1) is 17.2 Å². The highest BCUT2D eigenvalue weighted by Crippen LogP contribution is 2.62. The topological polar surface area (TPSA) is 90.5 Å². The molecule has 2 saturated carbocycles. The van der Waals surface area contributed by atoms with Crippen molar-refractivity contribution < 1.29 is 19.1 Å². The summed E-state index contributed by atoms with van der Waals surface area (Å²) in [6, 6.07) is 9.20. The highest BCUT2D eigenvalue weighted by Gasteiger charge is 2.72. The Bertz CT molecular complexity index is 1280. The van der Waals surface area contributed by atoms with Crippen LogP contribution in [-0.4, -0.2) is 40.6 Å². The zero-order valence-electron chi connectivity index (χ0n) is 21.0. The standard InChI is InChI=1S/C29H32Cl2FN3O3/c30-16-7-12-20-22(15-16)34-27(38)29(20)23(19-5-4-6-21(31)24(19)32)25(35-28(29)13-2-1-3-14-28)26(37)33-17-8-10-18(36)11-9-17/h4-7,12,15,17-18,23,25,35-36H,1-3,8-11,13-14H2,(H,33,37)(H,34,38)/t17-,18-,23-,25+,29-/m0/s1. The fourth-order valence-corrected chi connectivity index (χ4v) is 8.08. The van der Waals surface area contributed by atoms with Crippen molar-refractivity contribution in [3.63, 3.8) is 0 Å². The van der Waals surface area contributed by atoms with Gasteiger partial charge in [-0.2, -0.15) is 0 Å². The summed E-state index contributed by atoms with van der Waals surface area (Å²) in [5.74, 6) is -1.95. The molecule has 0 aromatic heterocycles. The van der Waals surface area contributed by atoms with Gasteiger partial charge in [0.1, 0.15) is 11.2 Å². The molecular formula is C29H32Cl2FN3O3. The second-order valence-corrected chi connectivity index (χ2v) is 12.2. The van der Waals surface area contributed by atoms with Gasteiger partial charge in [-0.15, -0.1) is 0 Å². The zero-order valence-corrected chi connectivity index (χ0v) is 22.5. The van der Waals surface area contributed by atoms with Gasteiger partial charge in [-0.05, 0) is 67.9 Å². The third-order valence-corrected chi connectivity index (χ3v) is 9.88. The largest absolute Gasteiger partial charge is 0.393 e. The van der Waals surface area contributed by atoms with Crippen molar-refractivity contribution in [1.82, 2.24) is 10.6 Å². The molecule has 2 aliphatic carbocycles. The molecule has 0 radical (unpaired) electrons. The lowest BCUT2D eigenvalue weighted by molar-refractivity contribution is -0.125. The molecule has 1 saturated heterocycles. The van der Waals surface area contributed by atoms with Crippen molar-refractivity contribution in [3.8, 4) is 0 Å². The first-order chi connectivity index (χ1) is 18.3. The Morgan fingerprint density at radius 2 is 1.79 bits per heavy atom. The molecule has 2 aliphatic heterocycles. The summed E-state index contributed by atoms with van der Waals surface area (Å²) < 4.78 is 15.9. The molecule has 4 N–H and O–H groups in total. The molecule has 4 aliphatic rings. The van der Waals surface area contributed by atoms with Crippen LogP contribution in [0.4, 0.5) is 10.1 Å². The number of anilines is 1. The number of benzene rings is 2. The molecule has 2 amide bonds. The predicted molar refractivity (Wildman–Crippen MR) is 145 cm³/mol. The average molecular weight is 560 g/mol. The van der Waals surface area contributed by atoms with E-state index in [9.17, 15) is 14.7 Å². The Balaban J connectivity index is 1.53. The van der Waals surface area contributed by atoms with Crippen LogP contribution in [0.5, 0.6) is 0 Å². The van der Waals surface area contributed by atoms with Crippen molar-refractivity contribution in [2.24, 2.45) is 0 Å². The molecule has 0 unspecified atom stereocenters. The van der Waals surface area contributed by atoms with E-state index in [1.54, 1.807) is 24.3 Å². The second-order valence-electron chi connectivity index (χ2n) is 11.4. The van der Waals surface area contributed by atoms with Crippen LogP contribution in [0, 0.1) is 5.82 Å². The van der Waals surface area contributed by atoms with Crippen molar-refractivity contribution in [2.75, 3.05) is 5.32 Å². The van der Waals surface area contributed by atoms with Gasteiger partial charge in [0.25, 0.3) is 0 Å². The Morgan fingerprint density at radius 1 is 1.05 bits per heavy atom. The van der Waals surface area contributed by atoms with Gasteiger partial charge < -0.3 is 15.7 Å². The third-order valence-electron chi connectivity index (χ3n) is 9.35. The summed E-state index contributed by atoms with van der Waals surface area (Å²) in [5.41, 5.74) is -0.391. The Labute approximate surface area is 231 Å². The Morgan fingerprint density at radius 3 is 2.53 bits per heavy atom. The Hall–Kier alpha value is -2.19. The van der Waals surface area contributed by atoms with Crippen molar-refractivity contribution in [3.05, 3.63) is 63.4 Å². The summed E-state index contributed by atoms with van der Waals surface area (Å²) in [6.07, 6.45) is 6.43. The number of carbonyl (C=O) groups is 2. The SMILES string of the molecule is O=C(N[C@H]1CC[C@H](O)CC1)[C@@H]1NC2(CCCCC2)[C@]2(C(=O)Nc3cc(Cl)ccc32)[C@H]1c1cccc(Cl)c1F. The number of rotatable bonds is 3. The molecule has 2 aromatic carbocycles. The molecule has 2 spiro atoms. The minimum atomic E-state index is -1.23. The van der Waals surface area contributed by atoms with E-state index >= 15 is 4.39 Å². The first-order valence-electron chi connectivity index (χ1n) is 13.6. The number of nitrogens with one attached hydrogen (secondary N) is 3. The summed E-state index contributed by atoms with van der Waals surface area (Å²) in [7, 11) is 0. The van der Waals surface area contributed by atoms with Gasteiger partial charge in [-0.1, -0.05) is 60.7 Å². The van der Waals surface area contributed by atoms with Crippen LogP contribution in [-0.2, 0) is 15.0 Å². The predicted octanol–water partition coefficient (Wildman–Crippen LogP) is 5.20. The maximum absolute atomic E-state index is 15.9. The van der Waals surface area contributed by atoms with Crippen LogP contribution in [0.15, 0.2) is 36.4 Å². The van der Waals surface area contributed by atoms with Gasteiger partial charge in [-0.25, -0.2) is 4.39 Å². The number of fused-ring (bicyclic) bond motifs is 3. The molecular weight excluding hydrogens is 528 g/mol. The number of carbonyl (C=O) groups excluding carboxylic acids is 2. The number of amides is 2. The maximum atomic E-state index is 15.9. The quantitative estimate of drug-likeness (QED) is 0.416. The third kappa shape index (κ3) is 3.88. The van der Waals surface area contributed by atoms with Crippen LogP contribution >= 0.6 is 23.2 Å². The molecule has 2 heterocycles. The summed E-state index contributed by atoms with van der Waals surface area (Å²) in [4.78, 5) is 28.4. The fourth-order valence-electron chi connectivity index (χ4n) is 7.73. The van der Waals surface area contributed by atoms with Crippen molar-refractivity contribution >= 4 is 40.7 Å². The van der Waals surface area contributed by atoms with Gasteiger partial charge >= 0.3 is 0 Å². The highest BCUT2D eigenvalue weighted by molar-refractivity contribution is 6.31. The molecule has 2 aromatic rings. The van der Waals surface area contributed by atoms with E-state index in [0.29, 0.717) is 49.2 Å². The maximum Gasteiger partial charge on any atom is 0.238 e. The van der Waals surface area contributed by atoms with Gasteiger partial charge in [0, 0.05) is 28.2 Å². The summed E-state index contributed by atoms with van der Waals surface area (Å²) >= 11 is 12.6. The smallest absolute Gasteiger partial charge is 0.238 e. The fraction of sp³-hybridized carbons (Fsp3) is 0.517. The molecule has 3 fully saturated rings. The van der Waals surface area contributed by atoms with Crippen LogP contribution in [0.2, 0.25) is 10.0 Å². The number of hydrogen-bond donors (Lipinski definition) is 4. The molecule has 6 nitrogen and oxygen atoms in total. The van der Waals surface area contributed by atoms with E-state index < -0.39 is 28.7 Å². The van der Waals surface area contributed by atoms with Gasteiger partial charge in [-0.3, -0.25) is 14.9 Å². The lowest BCUT2D eigenvalue weighted by Gasteiger charge is -2.47. The number of hydrogen-bond acceptors (Lipinski definition) is 4. The van der Waals surface area contributed by atoms with Crippen LogP contribution in [0.1, 0.15) is 74.8 Å². The number of aliphatic hydroxyl groups is 1. The monoisotopic (exact) mass is 559 g/mol. The van der Waals surface area contributed by atoms with Crippen molar-refractivity contribution in [2.45, 2.75) is 92.8 Å². The summed E-state index contributed by atoms with van der Waals surface area (Å²) in [6.45, 7) is 0. The van der Waals surface area contributed by atoms with E-state index in [-0.39, 0.29) is 34.5 Å². The molecule has 0 bridgehead atoms. The summed E-state index contributed by atoms with van der Waals surface area (Å²) in [5, 5.41) is 20.2. The van der Waals surface area contributed by atoms with Crippen LogP contribution in [0.3, 0.4) is 0 Å². The Kier molecular flexibility index (Phi) is 6.70. The van der Waals surface area contributed by atoms with Crippen LogP contribution in [0.25, 0.3) is 0 Å². The van der Waals surface area contributed by atoms with E-state index in [0.717, 1.165) is 24.8 Å². The highest BCUT2D eigenvalue weighted by atomic mass is 35.5. The molecule has 202 valence electrons. The van der Waals surface area contributed by atoms with E-state index in [1.807, 2.05) is 6.07 Å².